The quantitative estimate of drug-likeness (QED) is 0.815. The largest absolute Gasteiger partial charge is 0.477 e. The third-order valence-electron chi connectivity index (χ3n) is 2.55. The van der Waals surface area contributed by atoms with E-state index in [4.69, 9.17) is 5.11 Å². The number of nitrogens with zero attached hydrogens (tertiary/aromatic N) is 1. The number of fused-ring (bicyclic) bond motifs is 1. The van der Waals surface area contributed by atoms with Crippen molar-refractivity contribution in [3.05, 3.63) is 41.7 Å². The van der Waals surface area contributed by atoms with Crippen molar-refractivity contribution >= 4 is 11.5 Å². The zero-order chi connectivity index (χ0) is 11.0. The highest BCUT2D eigenvalue weighted by Crippen LogP contribution is 2.24. The van der Waals surface area contributed by atoms with E-state index < -0.39 is 5.97 Å². The fourth-order valence-electron chi connectivity index (χ4n) is 1.81. The maximum absolute atomic E-state index is 11.0. The van der Waals surface area contributed by atoms with Crippen LogP contribution in [0.4, 0.5) is 0 Å². The molecule has 0 bridgehead atoms. The summed E-state index contributed by atoms with van der Waals surface area (Å²) in [6.45, 7) is 4.13. The molecule has 0 aliphatic carbocycles. The molecule has 2 aromatic rings. The molecule has 0 fully saturated rings. The summed E-state index contributed by atoms with van der Waals surface area (Å²) in [6.07, 6.45) is 1.78. The predicted molar refractivity (Wildman–Crippen MR) is 58.4 cm³/mol. The van der Waals surface area contributed by atoms with Gasteiger partial charge in [0.05, 0.1) is 0 Å². The molecule has 3 nitrogen and oxygen atoms in total. The Hall–Kier alpha value is -1.77. The van der Waals surface area contributed by atoms with Crippen LogP contribution in [0.25, 0.3) is 5.52 Å². The highest BCUT2D eigenvalue weighted by molar-refractivity contribution is 5.88. The van der Waals surface area contributed by atoms with Gasteiger partial charge >= 0.3 is 5.97 Å². The second-order valence-corrected chi connectivity index (χ2v) is 3.90. The van der Waals surface area contributed by atoms with E-state index in [-0.39, 0.29) is 0 Å². The maximum atomic E-state index is 11.0. The van der Waals surface area contributed by atoms with Gasteiger partial charge in [-0.1, -0.05) is 19.9 Å². The van der Waals surface area contributed by atoms with Crippen molar-refractivity contribution in [3.8, 4) is 0 Å². The van der Waals surface area contributed by atoms with Crippen LogP contribution in [-0.2, 0) is 0 Å². The Morgan fingerprint density at radius 2 is 2.13 bits per heavy atom. The van der Waals surface area contributed by atoms with Crippen LogP contribution in [-0.4, -0.2) is 15.5 Å². The zero-order valence-corrected chi connectivity index (χ0v) is 8.77. The van der Waals surface area contributed by atoms with Gasteiger partial charge in [-0.05, 0) is 29.7 Å². The number of hydrogen-bond acceptors (Lipinski definition) is 1. The summed E-state index contributed by atoms with van der Waals surface area (Å²) >= 11 is 0. The van der Waals surface area contributed by atoms with E-state index in [1.807, 2.05) is 18.2 Å². The van der Waals surface area contributed by atoms with Crippen molar-refractivity contribution in [2.45, 2.75) is 19.8 Å². The first-order chi connectivity index (χ1) is 7.11. The molecule has 0 radical (unpaired) electrons. The molecule has 1 N–H and O–H groups in total. The smallest absolute Gasteiger partial charge is 0.352 e. The molecule has 0 atom stereocenters. The topological polar surface area (TPSA) is 41.7 Å². The first kappa shape index (κ1) is 9.77. The van der Waals surface area contributed by atoms with Crippen molar-refractivity contribution in [2.75, 3.05) is 0 Å². The van der Waals surface area contributed by atoms with Crippen molar-refractivity contribution in [1.82, 2.24) is 4.40 Å². The molecule has 0 aliphatic rings. The average Bonchev–Trinajstić information content (AvgIpc) is 2.56. The first-order valence-corrected chi connectivity index (χ1v) is 4.94. The molecular formula is C12H13NO2. The fourth-order valence-corrected chi connectivity index (χ4v) is 1.81. The van der Waals surface area contributed by atoms with Gasteiger partial charge in [-0.2, -0.15) is 0 Å². The maximum Gasteiger partial charge on any atom is 0.352 e. The molecule has 0 amide bonds. The van der Waals surface area contributed by atoms with E-state index in [1.165, 1.54) is 0 Å². The fraction of sp³-hybridized carbons (Fsp3) is 0.250. The number of carboxylic acids is 1. The van der Waals surface area contributed by atoms with E-state index in [9.17, 15) is 4.79 Å². The molecule has 15 heavy (non-hydrogen) atoms. The summed E-state index contributed by atoms with van der Waals surface area (Å²) in [6, 6.07) is 7.46. The number of aromatic carboxylic acids is 1. The van der Waals surface area contributed by atoms with Gasteiger partial charge in [0.25, 0.3) is 0 Å². The summed E-state index contributed by atoms with van der Waals surface area (Å²) in [5.41, 5.74) is 2.38. The monoisotopic (exact) mass is 203 g/mol. The molecule has 0 unspecified atom stereocenters. The summed E-state index contributed by atoms with van der Waals surface area (Å²) < 4.78 is 1.72. The standard InChI is InChI=1S/C12H13NO2/c1-8(2)9-7-11(12(14)15)13-6-4-3-5-10(9)13/h3-8H,1-2H3,(H,14,15). The number of hydrogen-bond donors (Lipinski definition) is 1. The Bertz CT molecular complexity index is 511. The van der Waals surface area contributed by atoms with Gasteiger partial charge in [0.1, 0.15) is 5.69 Å². The Balaban J connectivity index is 2.79. The van der Waals surface area contributed by atoms with Crippen LogP contribution in [0.5, 0.6) is 0 Å². The van der Waals surface area contributed by atoms with Crippen LogP contribution in [0, 0.1) is 0 Å². The number of carboxylic acid groups (broad SMARTS) is 1. The SMILES string of the molecule is CC(C)c1cc(C(=O)O)n2ccccc12. The molecular weight excluding hydrogens is 190 g/mol. The number of aromatic nitrogens is 1. The molecule has 2 rings (SSSR count). The molecule has 0 saturated heterocycles. The van der Waals surface area contributed by atoms with Crippen LogP contribution in [0.3, 0.4) is 0 Å². The second-order valence-electron chi connectivity index (χ2n) is 3.90. The average molecular weight is 203 g/mol. The molecule has 2 aromatic heterocycles. The lowest BCUT2D eigenvalue weighted by atomic mass is 10.0. The van der Waals surface area contributed by atoms with Crippen LogP contribution in [0.2, 0.25) is 0 Å². The minimum atomic E-state index is -0.886. The van der Waals surface area contributed by atoms with Gasteiger partial charge in [-0.25, -0.2) is 4.79 Å². The Morgan fingerprint density at radius 3 is 2.73 bits per heavy atom. The number of pyridine rings is 1. The molecule has 0 spiro atoms. The van der Waals surface area contributed by atoms with Crippen LogP contribution in [0.15, 0.2) is 30.5 Å². The number of carbonyl (C=O) groups is 1. The minimum Gasteiger partial charge on any atom is -0.477 e. The third kappa shape index (κ3) is 1.50. The van der Waals surface area contributed by atoms with Gasteiger partial charge in [0.2, 0.25) is 0 Å². The predicted octanol–water partition coefficient (Wildman–Crippen LogP) is 2.76. The molecule has 0 aliphatic heterocycles. The first-order valence-electron chi connectivity index (χ1n) is 4.94. The summed E-state index contributed by atoms with van der Waals surface area (Å²) in [7, 11) is 0. The molecule has 0 saturated carbocycles. The molecule has 78 valence electrons. The van der Waals surface area contributed by atoms with E-state index >= 15 is 0 Å². The van der Waals surface area contributed by atoms with Gasteiger partial charge in [0.15, 0.2) is 0 Å². The Labute approximate surface area is 88.0 Å². The van der Waals surface area contributed by atoms with Crippen molar-refractivity contribution in [2.24, 2.45) is 0 Å². The summed E-state index contributed by atoms with van der Waals surface area (Å²) in [4.78, 5) is 11.0. The van der Waals surface area contributed by atoms with Crippen molar-refractivity contribution < 1.29 is 9.90 Å². The van der Waals surface area contributed by atoms with Gasteiger partial charge in [0, 0.05) is 11.7 Å². The minimum absolute atomic E-state index is 0.328. The summed E-state index contributed by atoms with van der Waals surface area (Å²) in [5.74, 6) is -0.557. The molecule has 3 heteroatoms. The Morgan fingerprint density at radius 1 is 1.40 bits per heavy atom. The lowest BCUT2D eigenvalue weighted by molar-refractivity contribution is 0.0689. The molecule has 0 aromatic carbocycles. The molecule has 2 heterocycles. The second kappa shape index (κ2) is 3.42. The zero-order valence-electron chi connectivity index (χ0n) is 8.77. The van der Waals surface area contributed by atoms with Crippen LogP contribution in [0.1, 0.15) is 35.8 Å². The van der Waals surface area contributed by atoms with Crippen LogP contribution < -0.4 is 0 Å². The van der Waals surface area contributed by atoms with E-state index in [0.717, 1.165) is 11.1 Å². The summed E-state index contributed by atoms with van der Waals surface area (Å²) in [5, 5.41) is 9.06. The van der Waals surface area contributed by atoms with Crippen LogP contribution >= 0.6 is 0 Å². The van der Waals surface area contributed by atoms with Gasteiger partial charge in [-0.3, -0.25) is 0 Å². The highest BCUT2D eigenvalue weighted by Gasteiger charge is 2.15. The lowest BCUT2D eigenvalue weighted by Gasteiger charge is -2.02. The normalized spacial score (nSPS) is 11.1. The lowest BCUT2D eigenvalue weighted by Crippen LogP contribution is -2.00. The van der Waals surface area contributed by atoms with Crippen molar-refractivity contribution in [3.63, 3.8) is 0 Å². The van der Waals surface area contributed by atoms with Gasteiger partial charge in [-0.15, -0.1) is 0 Å². The van der Waals surface area contributed by atoms with E-state index in [1.54, 1.807) is 16.7 Å². The van der Waals surface area contributed by atoms with Crippen molar-refractivity contribution in [1.29, 1.82) is 0 Å². The van der Waals surface area contributed by atoms with Gasteiger partial charge < -0.3 is 9.51 Å². The van der Waals surface area contributed by atoms with E-state index in [0.29, 0.717) is 11.6 Å². The Kier molecular flexibility index (Phi) is 2.23. The number of rotatable bonds is 2. The highest BCUT2D eigenvalue weighted by atomic mass is 16.4. The third-order valence-corrected chi connectivity index (χ3v) is 2.55. The van der Waals surface area contributed by atoms with E-state index in [2.05, 4.69) is 13.8 Å².